The summed E-state index contributed by atoms with van der Waals surface area (Å²) in [5.74, 6) is -0.346. The van der Waals surface area contributed by atoms with Gasteiger partial charge in [-0.3, -0.25) is 0 Å². The molecular formula is C24H18FNO4. The number of methoxy groups -OCH3 is 1. The third kappa shape index (κ3) is 5.03. The minimum atomic E-state index is -0.981. The van der Waals surface area contributed by atoms with Crippen molar-refractivity contribution in [3.63, 3.8) is 0 Å². The molecule has 0 saturated carbocycles. The number of carbonyl (C=O) groups is 1. The van der Waals surface area contributed by atoms with E-state index >= 15 is 0 Å². The largest absolute Gasteiger partial charge is 0.493 e. The van der Waals surface area contributed by atoms with Crippen molar-refractivity contribution < 1.29 is 23.8 Å². The third-order valence-electron chi connectivity index (χ3n) is 4.37. The molecule has 0 aliphatic heterocycles. The molecule has 0 aromatic heterocycles. The molecule has 0 amide bonds. The van der Waals surface area contributed by atoms with Crippen molar-refractivity contribution in [3.8, 4) is 17.6 Å². The quantitative estimate of drug-likeness (QED) is 0.435. The first-order valence-electron chi connectivity index (χ1n) is 9.01. The smallest absolute Gasteiger partial charge is 0.335 e. The highest BCUT2D eigenvalue weighted by Crippen LogP contribution is 2.30. The lowest BCUT2D eigenvalue weighted by Gasteiger charge is -2.12. The average Bonchev–Trinajstić information content (AvgIpc) is 2.77. The Balaban J connectivity index is 1.78. The second-order valence-corrected chi connectivity index (χ2v) is 6.38. The van der Waals surface area contributed by atoms with Gasteiger partial charge in [-0.1, -0.05) is 30.3 Å². The molecular weight excluding hydrogens is 385 g/mol. The number of nitriles is 1. The zero-order chi connectivity index (χ0) is 21.5. The molecule has 0 heterocycles. The Hall–Kier alpha value is -4.11. The minimum absolute atomic E-state index is 0.210. The van der Waals surface area contributed by atoms with Crippen LogP contribution in [-0.4, -0.2) is 18.2 Å². The molecule has 0 aliphatic rings. The van der Waals surface area contributed by atoms with Gasteiger partial charge in [0.1, 0.15) is 12.4 Å². The van der Waals surface area contributed by atoms with Gasteiger partial charge in [-0.25, -0.2) is 9.18 Å². The van der Waals surface area contributed by atoms with Crippen molar-refractivity contribution in [1.29, 1.82) is 5.26 Å². The lowest BCUT2D eigenvalue weighted by atomic mass is 10.0. The van der Waals surface area contributed by atoms with E-state index in [4.69, 9.17) is 14.6 Å². The highest BCUT2D eigenvalue weighted by Gasteiger charge is 2.08. The van der Waals surface area contributed by atoms with Gasteiger partial charge in [-0.05, 0) is 59.2 Å². The summed E-state index contributed by atoms with van der Waals surface area (Å²) < 4.78 is 24.3. The van der Waals surface area contributed by atoms with Gasteiger partial charge < -0.3 is 14.6 Å². The number of ether oxygens (including phenoxy) is 2. The fourth-order valence-electron chi connectivity index (χ4n) is 2.77. The van der Waals surface area contributed by atoms with E-state index in [9.17, 15) is 14.4 Å². The van der Waals surface area contributed by atoms with E-state index < -0.39 is 5.97 Å². The van der Waals surface area contributed by atoms with Gasteiger partial charge in [0.25, 0.3) is 0 Å². The van der Waals surface area contributed by atoms with Crippen molar-refractivity contribution in [2.75, 3.05) is 7.11 Å². The fourth-order valence-corrected chi connectivity index (χ4v) is 2.77. The van der Waals surface area contributed by atoms with E-state index in [1.165, 1.54) is 31.4 Å². The SMILES string of the molecule is COc1cc(/C=C(/C#N)c2ccc(F)cc2)ccc1OCc1ccc(C(=O)O)cc1. The molecule has 0 fully saturated rings. The fraction of sp³-hybridized carbons (Fsp3) is 0.0833. The maximum Gasteiger partial charge on any atom is 0.335 e. The molecule has 6 heteroatoms. The van der Waals surface area contributed by atoms with E-state index in [-0.39, 0.29) is 18.0 Å². The molecule has 3 rings (SSSR count). The second kappa shape index (κ2) is 9.39. The monoisotopic (exact) mass is 403 g/mol. The van der Waals surface area contributed by atoms with Crippen LogP contribution in [0.5, 0.6) is 11.5 Å². The zero-order valence-electron chi connectivity index (χ0n) is 16.1. The van der Waals surface area contributed by atoms with Crippen LogP contribution in [0.25, 0.3) is 11.6 Å². The van der Waals surface area contributed by atoms with Gasteiger partial charge in [-0.2, -0.15) is 5.26 Å². The van der Waals surface area contributed by atoms with Crippen LogP contribution in [-0.2, 0) is 6.61 Å². The molecule has 5 nitrogen and oxygen atoms in total. The Morgan fingerprint density at radius 3 is 2.30 bits per heavy atom. The summed E-state index contributed by atoms with van der Waals surface area (Å²) in [6.07, 6.45) is 1.68. The highest BCUT2D eigenvalue weighted by atomic mass is 19.1. The predicted molar refractivity (Wildman–Crippen MR) is 111 cm³/mol. The van der Waals surface area contributed by atoms with Crippen LogP contribution in [0, 0.1) is 17.1 Å². The van der Waals surface area contributed by atoms with Gasteiger partial charge in [0.2, 0.25) is 0 Å². The van der Waals surface area contributed by atoms with Crippen LogP contribution in [0.4, 0.5) is 4.39 Å². The first-order valence-corrected chi connectivity index (χ1v) is 9.01. The van der Waals surface area contributed by atoms with E-state index in [1.54, 1.807) is 48.5 Å². The summed E-state index contributed by atoms with van der Waals surface area (Å²) in [6, 6.07) is 19.5. The van der Waals surface area contributed by atoms with Gasteiger partial charge in [-0.15, -0.1) is 0 Å². The van der Waals surface area contributed by atoms with Crippen molar-refractivity contribution in [3.05, 3.63) is 94.8 Å². The normalized spacial score (nSPS) is 10.9. The highest BCUT2D eigenvalue weighted by molar-refractivity contribution is 5.90. The van der Waals surface area contributed by atoms with Crippen molar-refractivity contribution in [2.45, 2.75) is 6.61 Å². The summed E-state index contributed by atoms with van der Waals surface area (Å²) in [5.41, 5.74) is 2.76. The standard InChI is InChI=1S/C24H18FNO4/c1-29-23-13-17(12-20(14-26)18-7-9-21(25)10-8-18)4-11-22(23)30-15-16-2-5-19(6-3-16)24(27)28/h2-13H,15H2,1H3,(H,27,28)/b20-12-. The number of benzene rings is 3. The van der Waals surface area contributed by atoms with Gasteiger partial charge in [0, 0.05) is 0 Å². The number of aromatic carboxylic acids is 1. The van der Waals surface area contributed by atoms with E-state index in [0.29, 0.717) is 22.6 Å². The van der Waals surface area contributed by atoms with Crippen LogP contribution < -0.4 is 9.47 Å². The maximum atomic E-state index is 13.1. The van der Waals surface area contributed by atoms with Gasteiger partial charge in [0.05, 0.1) is 24.3 Å². The first-order chi connectivity index (χ1) is 14.5. The Morgan fingerprint density at radius 1 is 1.03 bits per heavy atom. The second-order valence-electron chi connectivity index (χ2n) is 6.38. The number of carboxylic acid groups (broad SMARTS) is 1. The van der Waals surface area contributed by atoms with Crippen LogP contribution in [0.1, 0.15) is 27.0 Å². The molecule has 30 heavy (non-hydrogen) atoms. The lowest BCUT2D eigenvalue weighted by Crippen LogP contribution is -2.00. The summed E-state index contributed by atoms with van der Waals surface area (Å²) in [7, 11) is 1.52. The Labute approximate surface area is 173 Å². The van der Waals surface area contributed by atoms with E-state index in [1.807, 2.05) is 0 Å². The molecule has 0 bridgehead atoms. The predicted octanol–water partition coefficient (Wildman–Crippen LogP) is 5.18. The van der Waals surface area contributed by atoms with Crippen molar-refractivity contribution in [2.24, 2.45) is 0 Å². The molecule has 0 aliphatic carbocycles. The van der Waals surface area contributed by atoms with Crippen LogP contribution in [0.2, 0.25) is 0 Å². The minimum Gasteiger partial charge on any atom is -0.493 e. The van der Waals surface area contributed by atoms with Crippen molar-refractivity contribution in [1.82, 2.24) is 0 Å². The van der Waals surface area contributed by atoms with E-state index in [0.717, 1.165) is 11.1 Å². The summed E-state index contributed by atoms with van der Waals surface area (Å²) in [4.78, 5) is 10.9. The number of nitrogens with zero attached hydrogens (tertiary/aromatic N) is 1. The van der Waals surface area contributed by atoms with Crippen LogP contribution in [0.15, 0.2) is 66.7 Å². The number of hydrogen-bond acceptors (Lipinski definition) is 4. The molecule has 3 aromatic carbocycles. The summed E-state index contributed by atoms with van der Waals surface area (Å²) in [5, 5.41) is 18.4. The van der Waals surface area contributed by atoms with Crippen LogP contribution in [0.3, 0.4) is 0 Å². The number of allylic oxidation sites excluding steroid dienone is 1. The first kappa shape index (κ1) is 20.6. The Morgan fingerprint density at radius 2 is 1.70 bits per heavy atom. The van der Waals surface area contributed by atoms with Gasteiger partial charge in [0.15, 0.2) is 11.5 Å². The summed E-state index contributed by atoms with van der Waals surface area (Å²) >= 11 is 0. The van der Waals surface area contributed by atoms with Crippen LogP contribution >= 0.6 is 0 Å². The topological polar surface area (TPSA) is 79.5 Å². The number of rotatable bonds is 7. The van der Waals surface area contributed by atoms with E-state index in [2.05, 4.69) is 6.07 Å². The molecule has 0 atom stereocenters. The molecule has 0 saturated heterocycles. The third-order valence-corrected chi connectivity index (χ3v) is 4.37. The molecule has 1 N–H and O–H groups in total. The molecule has 150 valence electrons. The number of hydrogen-bond donors (Lipinski definition) is 1. The zero-order valence-corrected chi connectivity index (χ0v) is 16.1. The molecule has 3 aromatic rings. The maximum absolute atomic E-state index is 13.1. The molecule has 0 unspecified atom stereocenters. The summed E-state index contributed by atoms with van der Waals surface area (Å²) in [6.45, 7) is 0.241. The lowest BCUT2D eigenvalue weighted by molar-refractivity contribution is 0.0697. The van der Waals surface area contributed by atoms with Crippen molar-refractivity contribution >= 4 is 17.6 Å². The number of carboxylic acids is 1. The molecule has 0 radical (unpaired) electrons. The average molecular weight is 403 g/mol. The Kier molecular flexibility index (Phi) is 6.46. The number of halogens is 1. The Bertz CT molecular complexity index is 1110. The van der Waals surface area contributed by atoms with Gasteiger partial charge >= 0.3 is 5.97 Å². The molecule has 0 spiro atoms.